The van der Waals surface area contributed by atoms with Crippen LogP contribution >= 0.6 is 0 Å². The van der Waals surface area contributed by atoms with Gasteiger partial charge in [-0.2, -0.15) is 5.26 Å². The van der Waals surface area contributed by atoms with Crippen molar-refractivity contribution < 1.29 is 9.15 Å². The van der Waals surface area contributed by atoms with Gasteiger partial charge in [-0.15, -0.1) is 0 Å². The van der Waals surface area contributed by atoms with E-state index in [2.05, 4.69) is 18.0 Å². The van der Waals surface area contributed by atoms with Gasteiger partial charge in [0.05, 0.1) is 19.1 Å². The van der Waals surface area contributed by atoms with Crippen LogP contribution in [0.4, 0.5) is 0 Å². The quantitative estimate of drug-likeness (QED) is 0.672. The van der Waals surface area contributed by atoms with E-state index in [9.17, 15) is 5.26 Å². The first-order valence-corrected chi connectivity index (χ1v) is 7.70. The third-order valence-corrected chi connectivity index (χ3v) is 3.88. The number of aromatic nitrogens is 1. The zero-order chi connectivity index (χ0) is 16.2. The summed E-state index contributed by atoms with van der Waals surface area (Å²) in [6.45, 7) is 2.07. The lowest BCUT2D eigenvalue weighted by Crippen LogP contribution is -1.99. The zero-order valence-electron chi connectivity index (χ0n) is 13.2. The van der Waals surface area contributed by atoms with Crippen LogP contribution in [0.25, 0.3) is 22.6 Å². The summed E-state index contributed by atoms with van der Waals surface area (Å²) in [6.07, 6.45) is 1.77. The van der Waals surface area contributed by atoms with Gasteiger partial charge < -0.3 is 9.15 Å². The zero-order valence-corrected chi connectivity index (χ0v) is 13.2. The molecule has 0 amide bonds. The number of nitriles is 1. The van der Waals surface area contributed by atoms with Crippen LogP contribution in [0, 0.1) is 11.3 Å². The van der Waals surface area contributed by atoms with Gasteiger partial charge in [-0.25, -0.2) is 4.98 Å². The van der Waals surface area contributed by atoms with Crippen LogP contribution in [-0.2, 0) is 0 Å². The number of methoxy groups -OCH3 is 1. The lowest BCUT2D eigenvalue weighted by molar-refractivity contribution is 0.407. The summed E-state index contributed by atoms with van der Waals surface area (Å²) in [4.78, 5) is 4.50. The normalized spacial score (nSPS) is 12.0. The van der Waals surface area contributed by atoms with Crippen molar-refractivity contribution in [3.63, 3.8) is 0 Å². The maximum atomic E-state index is 9.38. The average molecular weight is 306 g/mol. The van der Waals surface area contributed by atoms with Crippen molar-refractivity contribution in [3.8, 4) is 23.3 Å². The Kier molecular flexibility index (Phi) is 4.29. The van der Waals surface area contributed by atoms with Crippen LogP contribution < -0.4 is 4.74 Å². The lowest BCUT2D eigenvalue weighted by atomic mass is 9.94. The number of benzene rings is 2. The van der Waals surface area contributed by atoms with E-state index in [0.717, 1.165) is 35.1 Å². The number of ether oxygens (including phenoxy) is 1. The molecule has 23 heavy (non-hydrogen) atoms. The van der Waals surface area contributed by atoms with Gasteiger partial charge in [0, 0.05) is 11.1 Å². The van der Waals surface area contributed by atoms with Gasteiger partial charge in [0.25, 0.3) is 0 Å². The first-order valence-electron chi connectivity index (χ1n) is 7.70. The molecule has 0 radical (unpaired) electrons. The Balaban J connectivity index is 2.03. The van der Waals surface area contributed by atoms with E-state index in [0.29, 0.717) is 11.6 Å². The average Bonchev–Trinajstić information content (AvgIpc) is 3.03. The molecule has 4 heteroatoms. The van der Waals surface area contributed by atoms with Crippen molar-refractivity contribution in [1.82, 2.24) is 4.98 Å². The summed E-state index contributed by atoms with van der Waals surface area (Å²) >= 11 is 0. The number of rotatable bonds is 5. The predicted molar refractivity (Wildman–Crippen MR) is 89.3 cm³/mol. The Morgan fingerprint density at radius 3 is 2.78 bits per heavy atom. The first kappa shape index (κ1) is 15.1. The fraction of sp³-hybridized carbons (Fsp3) is 0.263. The Morgan fingerprint density at radius 2 is 2.09 bits per heavy atom. The minimum atomic E-state index is -0.160. The molecule has 0 saturated heterocycles. The molecule has 0 aliphatic heterocycles. The molecule has 0 spiro atoms. The first-order chi connectivity index (χ1) is 11.3. The van der Waals surface area contributed by atoms with E-state index in [-0.39, 0.29) is 5.92 Å². The topological polar surface area (TPSA) is 59.0 Å². The molecule has 0 saturated carbocycles. The van der Waals surface area contributed by atoms with E-state index in [4.69, 9.17) is 9.15 Å². The minimum Gasteiger partial charge on any atom is -0.496 e. The molecule has 0 fully saturated rings. The molecule has 3 aromatic rings. The molecule has 0 aliphatic rings. The van der Waals surface area contributed by atoms with Crippen LogP contribution in [0.2, 0.25) is 0 Å². The van der Waals surface area contributed by atoms with Gasteiger partial charge in [0.2, 0.25) is 5.89 Å². The van der Waals surface area contributed by atoms with Crippen LogP contribution in [0.1, 0.15) is 31.2 Å². The fourth-order valence-electron chi connectivity index (χ4n) is 2.71. The van der Waals surface area contributed by atoms with Gasteiger partial charge in [-0.3, -0.25) is 0 Å². The van der Waals surface area contributed by atoms with Crippen molar-refractivity contribution in [2.75, 3.05) is 7.11 Å². The molecule has 2 aromatic carbocycles. The van der Waals surface area contributed by atoms with Crippen molar-refractivity contribution >= 4 is 11.1 Å². The Labute approximate surface area is 135 Å². The highest BCUT2D eigenvalue weighted by molar-refractivity contribution is 5.76. The fourth-order valence-corrected chi connectivity index (χ4v) is 2.71. The van der Waals surface area contributed by atoms with Gasteiger partial charge in [0.1, 0.15) is 11.3 Å². The molecule has 0 aliphatic carbocycles. The standard InChI is InChI=1S/C19H18N2O2/c1-3-6-14(12-20)15-10-9-13(11-18(15)22-2)19-21-16-7-4-5-8-17(16)23-19/h4-5,7-11,14H,3,6H2,1-2H3. The minimum absolute atomic E-state index is 0.160. The lowest BCUT2D eigenvalue weighted by Gasteiger charge is -2.13. The van der Waals surface area contributed by atoms with Crippen LogP contribution in [0.15, 0.2) is 46.9 Å². The van der Waals surface area contributed by atoms with Gasteiger partial charge in [0.15, 0.2) is 5.58 Å². The van der Waals surface area contributed by atoms with E-state index in [1.807, 2.05) is 42.5 Å². The second-order valence-electron chi connectivity index (χ2n) is 5.41. The van der Waals surface area contributed by atoms with E-state index >= 15 is 0 Å². The second-order valence-corrected chi connectivity index (χ2v) is 5.41. The number of hydrogen-bond acceptors (Lipinski definition) is 4. The number of para-hydroxylation sites is 2. The summed E-state index contributed by atoms with van der Waals surface area (Å²) in [7, 11) is 1.62. The van der Waals surface area contributed by atoms with Crippen molar-refractivity contribution in [3.05, 3.63) is 48.0 Å². The van der Waals surface area contributed by atoms with Crippen LogP contribution in [0.3, 0.4) is 0 Å². The third-order valence-electron chi connectivity index (χ3n) is 3.88. The Morgan fingerprint density at radius 1 is 1.26 bits per heavy atom. The number of fused-ring (bicyclic) bond motifs is 1. The number of hydrogen-bond donors (Lipinski definition) is 0. The Hall–Kier alpha value is -2.80. The predicted octanol–water partition coefficient (Wildman–Crippen LogP) is 4.91. The highest BCUT2D eigenvalue weighted by atomic mass is 16.5. The maximum absolute atomic E-state index is 9.38. The highest BCUT2D eigenvalue weighted by Gasteiger charge is 2.17. The number of oxazole rings is 1. The summed E-state index contributed by atoms with van der Waals surface area (Å²) in [5.41, 5.74) is 3.34. The molecule has 1 atom stereocenters. The van der Waals surface area contributed by atoms with Crippen molar-refractivity contribution in [2.24, 2.45) is 0 Å². The van der Waals surface area contributed by atoms with Crippen LogP contribution in [0.5, 0.6) is 5.75 Å². The van der Waals surface area contributed by atoms with Gasteiger partial charge in [-0.05, 0) is 30.7 Å². The Bertz CT molecular complexity index is 828. The van der Waals surface area contributed by atoms with E-state index in [1.54, 1.807) is 7.11 Å². The largest absolute Gasteiger partial charge is 0.496 e. The molecule has 0 bridgehead atoms. The molecule has 1 aromatic heterocycles. The van der Waals surface area contributed by atoms with Crippen LogP contribution in [-0.4, -0.2) is 12.1 Å². The third kappa shape index (κ3) is 2.91. The second kappa shape index (κ2) is 6.53. The van der Waals surface area contributed by atoms with Crippen molar-refractivity contribution in [2.45, 2.75) is 25.7 Å². The monoisotopic (exact) mass is 306 g/mol. The molecular formula is C19H18N2O2. The van der Waals surface area contributed by atoms with E-state index < -0.39 is 0 Å². The molecule has 116 valence electrons. The summed E-state index contributed by atoms with van der Waals surface area (Å²) in [6, 6.07) is 15.8. The molecule has 1 unspecified atom stereocenters. The number of nitrogens with zero attached hydrogens (tertiary/aromatic N) is 2. The summed E-state index contributed by atoms with van der Waals surface area (Å²) < 4.78 is 11.3. The molecular weight excluding hydrogens is 288 g/mol. The smallest absolute Gasteiger partial charge is 0.227 e. The molecule has 0 N–H and O–H groups in total. The summed E-state index contributed by atoms with van der Waals surface area (Å²) in [5, 5.41) is 9.38. The van der Waals surface area contributed by atoms with Gasteiger partial charge in [-0.1, -0.05) is 31.5 Å². The molecule has 4 nitrogen and oxygen atoms in total. The SMILES string of the molecule is CCCC(C#N)c1ccc(-c2nc3ccccc3o2)cc1OC. The maximum Gasteiger partial charge on any atom is 0.227 e. The highest BCUT2D eigenvalue weighted by Crippen LogP contribution is 2.34. The van der Waals surface area contributed by atoms with E-state index in [1.165, 1.54) is 0 Å². The van der Waals surface area contributed by atoms with Gasteiger partial charge >= 0.3 is 0 Å². The molecule has 3 rings (SSSR count). The molecule has 1 heterocycles. The summed E-state index contributed by atoms with van der Waals surface area (Å²) in [5.74, 6) is 1.09. The van der Waals surface area contributed by atoms with Crippen molar-refractivity contribution in [1.29, 1.82) is 5.26 Å².